The van der Waals surface area contributed by atoms with Gasteiger partial charge < -0.3 is 14.7 Å². The van der Waals surface area contributed by atoms with E-state index in [-0.39, 0.29) is 23.9 Å². The Kier molecular flexibility index (Phi) is 5.45. The van der Waals surface area contributed by atoms with E-state index in [4.69, 9.17) is 4.74 Å². The second-order valence-electron chi connectivity index (χ2n) is 10.6. The number of hydrogen-bond acceptors (Lipinski definition) is 7. The maximum absolute atomic E-state index is 13.3. The van der Waals surface area contributed by atoms with E-state index in [1.807, 2.05) is 40.0 Å². The number of amides is 1. The molecule has 11 heteroatoms. The summed E-state index contributed by atoms with van der Waals surface area (Å²) >= 11 is 0. The molecule has 7 rings (SSSR count). The molecule has 5 heterocycles. The highest BCUT2D eigenvalue weighted by molar-refractivity contribution is 5.81. The molecule has 2 fully saturated rings. The van der Waals surface area contributed by atoms with Crippen LogP contribution in [0.2, 0.25) is 0 Å². The first-order valence-corrected chi connectivity index (χ1v) is 13.2. The van der Waals surface area contributed by atoms with Crippen molar-refractivity contribution in [1.82, 2.24) is 34.0 Å². The van der Waals surface area contributed by atoms with Crippen molar-refractivity contribution in [2.24, 2.45) is 5.92 Å². The summed E-state index contributed by atoms with van der Waals surface area (Å²) in [5.41, 5.74) is 3.11. The van der Waals surface area contributed by atoms with Crippen LogP contribution >= 0.6 is 0 Å². The van der Waals surface area contributed by atoms with Crippen LogP contribution in [-0.2, 0) is 29.2 Å². The third-order valence-corrected chi connectivity index (χ3v) is 8.01. The molecule has 0 unspecified atom stereocenters. The van der Waals surface area contributed by atoms with Crippen molar-refractivity contribution >= 4 is 16.9 Å². The van der Waals surface area contributed by atoms with Gasteiger partial charge in [0, 0.05) is 24.6 Å². The van der Waals surface area contributed by atoms with Gasteiger partial charge >= 0.3 is 0 Å². The average molecular weight is 516 g/mol. The fraction of sp³-hybridized carbons (Fsp3) is 0.444. The van der Waals surface area contributed by atoms with Crippen molar-refractivity contribution in [2.75, 3.05) is 19.7 Å². The van der Waals surface area contributed by atoms with Gasteiger partial charge in [0.2, 0.25) is 5.91 Å². The SMILES string of the molecule is O=C(C1CC1)N1CCC(O)(Cn2cnc3c(cnn3-c3ccc(-c4cnn5c4COCC5)cc3)c2=O)CC1. The summed E-state index contributed by atoms with van der Waals surface area (Å²) in [6, 6.07) is 7.91. The molecular weight excluding hydrogens is 486 g/mol. The smallest absolute Gasteiger partial charge is 0.264 e. The lowest BCUT2D eigenvalue weighted by atomic mass is 9.91. The average Bonchev–Trinajstić information content (AvgIpc) is 3.56. The van der Waals surface area contributed by atoms with E-state index in [2.05, 4.69) is 15.2 Å². The first-order valence-electron chi connectivity index (χ1n) is 13.2. The normalized spacial score (nSPS) is 19.0. The molecule has 1 aliphatic carbocycles. The molecule has 1 aromatic carbocycles. The molecule has 3 aliphatic rings. The van der Waals surface area contributed by atoms with Gasteiger partial charge in [-0.3, -0.25) is 18.8 Å². The summed E-state index contributed by atoms with van der Waals surface area (Å²) in [6.07, 6.45) is 7.70. The van der Waals surface area contributed by atoms with Gasteiger partial charge in [0.15, 0.2) is 5.65 Å². The number of fused-ring (bicyclic) bond motifs is 2. The van der Waals surface area contributed by atoms with Crippen molar-refractivity contribution in [2.45, 2.75) is 51.0 Å². The number of piperidine rings is 1. The van der Waals surface area contributed by atoms with E-state index >= 15 is 0 Å². The Morgan fingerprint density at radius 1 is 1.08 bits per heavy atom. The highest BCUT2D eigenvalue weighted by atomic mass is 16.5. The molecule has 38 heavy (non-hydrogen) atoms. The number of likely N-dealkylation sites (tertiary alicyclic amines) is 1. The minimum absolute atomic E-state index is 0.139. The maximum atomic E-state index is 13.3. The highest BCUT2D eigenvalue weighted by Crippen LogP contribution is 2.33. The number of nitrogens with zero attached hydrogens (tertiary/aromatic N) is 7. The molecule has 3 aromatic heterocycles. The molecule has 1 amide bonds. The Bertz CT molecular complexity index is 1570. The van der Waals surface area contributed by atoms with E-state index in [0.29, 0.717) is 50.2 Å². The van der Waals surface area contributed by atoms with Crippen LogP contribution in [0.4, 0.5) is 0 Å². The molecule has 2 aliphatic heterocycles. The zero-order valence-electron chi connectivity index (χ0n) is 21.0. The number of benzene rings is 1. The lowest BCUT2D eigenvalue weighted by Crippen LogP contribution is -2.50. The van der Waals surface area contributed by atoms with Crippen LogP contribution in [0.1, 0.15) is 31.4 Å². The van der Waals surface area contributed by atoms with Crippen molar-refractivity contribution in [3.05, 3.63) is 59.0 Å². The fourth-order valence-electron chi connectivity index (χ4n) is 5.56. The molecule has 4 aromatic rings. The molecule has 0 bridgehead atoms. The summed E-state index contributed by atoms with van der Waals surface area (Å²) in [7, 11) is 0. The zero-order chi connectivity index (χ0) is 25.9. The van der Waals surface area contributed by atoms with Crippen LogP contribution in [0.25, 0.3) is 27.8 Å². The van der Waals surface area contributed by atoms with Crippen LogP contribution in [0.3, 0.4) is 0 Å². The molecule has 196 valence electrons. The highest BCUT2D eigenvalue weighted by Gasteiger charge is 2.39. The summed E-state index contributed by atoms with van der Waals surface area (Å²) in [6.45, 7) is 3.14. The van der Waals surface area contributed by atoms with Gasteiger partial charge in [0.1, 0.15) is 11.7 Å². The lowest BCUT2D eigenvalue weighted by Gasteiger charge is -2.38. The van der Waals surface area contributed by atoms with Gasteiger partial charge in [0.25, 0.3) is 5.56 Å². The third kappa shape index (κ3) is 4.02. The number of aromatic nitrogens is 6. The predicted molar refractivity (Wildman–Crippen MR) is 137 cm³/mol. The van der Waals surface area contributed by atoms with Crippen LogP contribution in [0.15, 0.2) is 47.8 Å². The van der Waals surface area contributed by atoms with E-state index in [1.54, 1.807) is 4.68 Å². The van der Waals surface area contributed by atoms with Gasteiger partial charge in [0.05, 0.1) is 55.7 Å². The lowest BCUT2D eigenvalue weighted by molar-refractivity contribution is -0.137. The molecule has 1 N–H and O–H groups in total. The van der Waals surface area contributed by atoms with Crippen molar-refractivity contribution in [1.29, 1.82) is 0 Å². The quantitative estimate of drug-likeness (QED) is 0.430. The summed E-state index contributed by atoms with van der Waals surface area (Å²) < 4.78 is 10.7. The second-order valence-corrected chi connectivity index (χ2v) is 10.6. The van der Waals surface area contributed by atoms with Crippen LogP contribution in [0.5, 0.6) is 0 Å². The van der Waals surface area contributed by atoms with Gasteiger partial charge in [-0.05, 0) is 43.4 Å². The van der Waals surface area contributed by atoms with Gasteiger partial charge in [-0.25, -0.2) is 9.67 Å². The Morgan fingerprint density at radius 2 is 1.87 bits per heavy atom. The van der Waals surface area contributed by atoms with Crippen LogP contribution < -0.4 is 5.56 Å². The first kappa shape index (κ1) is 23.3. The Morgan fingerprint density at radius 3 is 2.63 bits per heavy atom. The zero-order valence-corrected chi connectivity index (χ0v) is 21.0. The first-order chi connectivity index (χ1) is 18.5. The fourth-order valence-corrected chi connectivity index (χ4v) is 5.56. The van der Waals surface area contributed by atoms with E-state index in [0.717, 1.165) is 41.9 Å². The molecule has 1 saturated carbocycles. The molecule has 11 nitrogen and oxygen atoms in total. The van der Waals surface area contributed by atoms with E-state index in [1.165, 1.54) is 17.1 Å². The summed E-state index contributed by atoms with van der Waals surface area (Å²) in [5.74, 6) is 0.376. The Balaban J connectivity index is 1.10. The van der Waals surface area contributed by atoms with Gasteiger partial charge in [-0.1, -0.05) is 12.1 Å². The molecule has 0 atom stereocenters. The van der Waals surface area contributed by atoms with Crippen molar-refractivity contribution in [3.63, 3.8) is 0 Å². The number of hydrogen-bond donors (Lipinski definition) is 1. The van der Waals surface area contributed by atoms with Gasteiger partial charge in [-0.15, -0.1) is 0 Å². The molecule has 1 saturated heterocycles. The van der Waals surface area contributed by atoms with Crippen molar-refractivity contribution < 1.29 is 14.6 Å². The Labute approximate surface area is 218 Å². The topological polar surface area (TPSA) is 120 Å². The second kappa shape index (κ2) is 8.88. The van der Waals surface area contributed by atoms with Gasteiger partial charge in [-0.2, -0.15) is 10.2 Å². The van der Waals surface area contributed by atoms with Crippen LogP contribution in [0, 0.1) is 5.92 Å². The number of ether oxygens (including phenoxy) is 1. The van der Waals surface area contributed by atoms with Crippen molar-refractivity contribution in [3.8, 4) is 16.8 Å². The molecule has 0 spiro atoms. The van der Waals surface area contributed by atoms with E-state index in [9.17, 15) is 14.7 Å². The predicted octanol–water partition coefficient (Wildman–Crippen LogP) is 1.74. The standard InChI is InChI=1S/C27H29N7O4/c35-25(19-1-2-19)31-9-7-27(37,8-10-31)16-32-17-28-24-22(26(32)36)14-30-34(24)20-5-3-18(4-6-20)21-13-29-33-11-12-38-15-23(21)33/h3-6,13-14,17,19,37H,1-2,7-12,15-16H2. The van der Waals surface area contributed by atoms with Crippen LogP contribution in [-0.4, -0.2) is 70.3 Å². The Hall–Kier alpha value is -3.83. The molecular formula is C27H29N7O4. The minimum atomic E-state index is -1.05. The summed E-state index contributed by atoms with van der Waals surface area (Å²) in [4.78, 5) is 32.0. The minimum Gasteiger partial charge on any atom is -0.388 e. The molecule has 0 radical (unpaired) electrons. The number of aliphatic hydroxyl groups is 1. The van der Waals surface area contributed by atoms with E-state index < -0.39 is 5.60 Å². The largest absolute Gasteiger partial charge is 0.388 e. The number of carbonyl (C=O) groups is 1. The number of carbonyl (C=O) groups excluding carboxylic acids is 1. The monoisotopic (exact) mass is 515 g/mol. The summed E-state index contributed by atoms with van der Waals surface area (Å²) in [5, 5.41) is 20.5. The third-order valence-electron chi connectivity index (χ3n) is 8.01. The maximum Gasteiger partial charge on any atom is 0.264 e. The number of rotatable bonds is 5.